The lowest BCUT2D eigenvalue weighted by Crippen LogP contribution is -2.32. The summed E-state index contributed by atoms with van der Waals surface area (Å²) in [6.07, 6.45) is 5.70. The van der Waals surface area contributed by atoms with Gasteiger partial charge in [0.1, 0.15) is 12.1 Å². The van der Waals surface area contributed by atoms with Gasteiger partial charge < -0.3 is 4.90 Å². The van der Waals surface area contributed by atoms with Crippen LogP contribution in [-0.4, -0.2) is 37.2 Å². The molecule has 7 heteroatoms. The van der Waals surface area contributed by atoms with Gasteiger partial charge in [-0.2, -0.15) is 0 Å². The van der Waals surface area contributed by atoms with Crippen LogP contribution in [0.1, 0.15) is 18.4 Å². The van der Waals surface area contributed by atoms with Crippen LogP contribution < -0.4 is 4.90 Å². The first-order chi connectivity index (χ1) is 12.9. The van der Waals surface area contributed by atoms with Crippen molar-refractivity contribution in [1.82, 2.24) is 9.97 Å². The topological polar surface area (TPSA) is 63.2 Å². The Hall–Kier alpha value is -2.18. The van der Waals surface area contributed by atoms with Crippen molar-refractivity contribution in [2.24, 2.45) is 0 Å². The van der Waals surface area contributed by atoms with Crippen LogP contribution in [0.4, 0.5) is 5.82 Å². The minimum Gasteiger partial charge on any atom is -0.353 e. The monoisotopic (exact) mass is 401 g/mol. The lowest BCUT2D eigenvalue weighted by molar-refractivity contribution is 0.602. The summed E-state index contributed by atoms with van der Waals surface area (Å²) in [6, 6.07) is 13.2. The number of aromatic nitrogens is 2. The van der Waals surface area contributed by atoms with Crippen molar-refractivity contribution in [3.8, 4) is 0 Å². The third-order valence-electron chi connectivity index (χ3n) is 5.08. The molecule has 0 N–H and O–H groups in total. The van der Waals surface area contributed by atoms with Gasteiger partial charge in [0.05, 0.1) is 10.4 Å². The Bertz CT molecular complexity index is 1100. The van der Waals surface area contributed by atoms with E-state index in [9.17, 15) is 8.42 Å². The van der Waals surface area contributed by atoms with Crippen LogP contribution in [0.15, 0.2) is 53.7 Å². The summed E-state index contributed by atoms with van der Waals surface area (Å²) < 4.78 is 24.0. The zero-order chi connectivity index (χ0) is 19.0. The van der Waals surface area contributed by atoms with Crippen LogP contribution in [0.25, 0.3) is 10.9 Å². The molecule has 1 aliphatic heterocycles. The summed E-state index contributed by atoms with van der Waals surface area (Å²) in [7, 11) is -3.29. The Balaban J connectivity index is 1.75. The molecule has 0 bridgehead atoms. The normalized spacial score (nSPS) is 17.6. The van der Waals surface area contributed by atoms with Gasteiger partial charge in [-0.15, -0.1) is 0 Å². The highest BCUT2D eigenvalue weighted by Gasteiger charge is 2.28. The van der Waals surface area contributed by atoms with E-state index in [1.807, 2.05) is 18.2 Å². The third-order valence-corrected chi connectivity index (χ3v) is 6.56. The van der Waals surface area contributed by atoms with Gasteiger partial charge in [0, 0.05) is 29.3 Å². The number of rotatable bonds is 4. The van der Waals surface area contributed by atoms with E-state index in [4.69, 9.17) is 11.6 Å². The maximum atomic E-state index is 12.0. The maximum absolute atomic E-state index is 12.0. The molecule has 0 radical (unpaired) electrons. The Labute approximate surface area is 163 Å². The molecule has 4 rings (SSSR count). The number of fused-ring (bicyclic) bond motifs is 1. The van der Waals surface area contributed by atoms with Crippen LogP contribution in [0.3, 0.4) is 0 Å². The first kappa shape index (κ1) is 18.2. The minimum absolute atomic E-state index is 0.268. The molecule has 1 unspecified atom stereocenters. The fourth-order valence-electron chi connectivity index (χ4n) is 3.73. The Kier molecular flexibility index (Phi) is 4.78. The molecule has 1 aliphatic rings. The fourth-order valence-corrected chi connectivity index (χ4v) is 4.59. The summed E-state index contributed by atoms with van der Waals surface area (Å²) in [6.45, 7) is 0.879. The van der Waals surface area contributed by atoms with E-state index in [1.165, 1.54) is 6.26 Å². The van der Waals surface area contributed by atoms with Crippen LogP contribution in [0, 0.1) is 0 Å². The SMILES string of the molecule is CS(=O)(=O)c1ccc2ncnc(N3CCCC3Cc3ccccc3Cl)c2c1. The van der Waals surface area contributed by atoms with Gasteiger partial charge in [0.25, 0.3) is 0 Å². The second-order valence-electron chi connectivity index (χ2n) is 6.93. The van der Waals surface area contributed by atoms with Crippen LogP contribution in [-0.2, 0) is 16.3 Å². The van der Waals surface area contributed by atoms with Gasteiger partial charge >= 0.3 is 0 Å². The standard InChI is InChI=1S/C20H20ClN3O2S/c1-27(25,26)16-8-9-19-17(12-16)20(23-13-22-19)24-10-4-6-15(24)11-14-5-2-3-7-18(14)21/h2-3,5,7-9,12-13,15H,4,6,10-11H2,1H3. The van der Waals surface area contributed by atoms with E-state index in [1.54, 1.807) is 24.5 Å². The number of anilines is 1. The molecule has 1 fully saturated rings. The van der Waals surface area contributed by atoms with Crippen molar-refractivity contribution in [2.75, 3.05) is 17.7 Å². The predicted molar refractivity (Wildman–Crippen MR) is 108 cm³/mol. The smallest absolute Gasteiger partial charge is 0.175 e. The number of sulfone groups is 1. The van der Waals surface area contributed by atoms with E-state index in [2.05, 4.69) is 20.9 Å². The molecule has 0 saturated carbocycles. The van der Waals surface area contributed by atoms with Crippen molar-refractivity contribution in [1.29, 1.82) is 0 Å². The van der Waals surface area contributed by atoms with Gasteiger partial charge in [-0.3, -0.25) is 0 Å². The summed E-state index contributed by atoms with van der Waals surface area (Å²) in [5, 5.41) is 1.54. The number of benzene rings is 2. The summed E-state index contributed by atoms with van der Waals surface area (Å²) in [5.74, 6) is 0.792. The van der Waals surface area contributed by atoms with Crippen LogP contribution in [0.5, 0.6) is 0 Å². The molecule has 3 aromatic rings. The Morgan fingerprint density at radius 2 is 2.00 bits per heavy atom. The summed E-state index contributed by atoms with van der Waals surface area (Å²) >= 11 is 6.35. The van der Waals surface area contributed by atoms with Crippen molar-refractivity contribution in [3.05, 3.63) is 59.4 Å². The van der Waals surface area contributed by atoms with Crippen molar-refractivity contribution in [2.45, 2.75) is 30.2 Å². The molecule has 2 heterocycles. The van der Waals surface area contributed by atoms with E-state index in [0.29, 0.717) is 0 Å². The zero-order valence-electron chi connectivity index (χ0n) is 15.0. The third kappa shape index (κ3) is 3.64. The van der Waals surface area contributed by atoms with Gasteiger partial charge in [0.15, 0.2) is 9.84 Å². The molecule has 1 saturated heterocycles. The summed E-state index contributed by atoms with van der Waals surface area (Å²) in [5.41, 5.74) is 1.86. The number of halogens is 1. The lowest BCUT2D eigenvalue weighted by atomic mass is 10.0. The van der Waals surface area contributed by atoms with Gasteiger partial charge in [-0.1, -0.05) is 29.8 Å². The van der Waals surface area contributed by atoms with Crippen LogP contribution >= 0.6 is 11.6 Å². The zero-order valence-corrected chi connectivity index (χ0v) is 16.5. The highest BCUT2D eigenvalue weighted by atomic mass is 35.5. The predicted octanol–water partition coefficient (Wildman–Crippen LogP) is 3.90. The molecule has 0 aliphatic carbocycles. The molecule has 5 nitrogen and oxygen atoms in total. The molecular weight excluding hydrogens is 382 g/mol. The molecule has 0 amide bonds. The second-order valence-corrected chi connectivity index (χ2v) is 9.36. The quantitative estimate of drug-likeness (QED) is 0.663. The Morgan fingerprint density at radius 3 is 2.78 bits per heavy atom. The second kappa shape index (κ2) is 7.09. The van der Waals surface area contributed by atoms with Gasteiger partial charge in [-0.25, -0.2) is 18.4 Å². The van der Waals surface area contributed by atoms with Crippen molar-refractivity contribution >= 4 is 38.2 Å². The van der Waals surface area contributed by atoms with E-state index >= 15 is 0 Å². The molecule has 140 valence electrons. The average Bonchev–Trinajstić information content (AvgIpc) is 3.10. The maximum Gasteiger partial charge on any atom is 0.175 e. The fraction of sp³-hybridized carbons (Fsp3) is 0.300. The molecule has 0 spiro atoms. The van der Waals surface area contributed by atoms with Gasteiger partial charge in [-0.05, 0) is 49.1 Å². The number of nitrogens with zero attached hydrogens (tertiary/aromatic N) is 3. The minimum atomic E-state index is -3.29. The first-order valence-corrected chi connectivity index (χ1v) is 11.2. The molecular formula is C20H20ClN3O2S. The highest BCUT2D eigenvalue weighted by Crippen LogP contribution is 2.33. The van der Waals surface area contributed by atoms with Crippen LogP contribution in [0.2, 0.25) is 5.02 Å². The Morgan fingerprint density at radius 1 is 1.19 bits per heavy atom. The lowest BCUT2D eigenvalue weighted by Gasteiger charge is -2.27. The highest BCUT2D eigenvalue weighted by molar-refractivity contribution is 7.90. The van der Waals surface area contributed by atoms with E-state index < -0.39 is 9.84 Å². The first-order valence-electron chi connectivity index (χ1n) is 8.88. The van der Waals surface area contributed by atoms with E-state index in [-0.39, 0.29) is 10.9 Å². The van der Waals surface area contributed by atoms with Gasteiger partial charge in [0.2, 0.25) is 0 Å². The largest absolute Gasteiger partial charge is 0.353 e. The van der Waals surface area contributed by atoms with Crippen molar-refractivity contribution < 1.29 is 8.42 Å². The molecule has 1 atom stereocenters. The molecule has 27 heavy (non-hydrogen) atoms. The van der Waals surface area contributed by atoms with E-state index in [0.717, 1.165) is 53.1 Å². The molecule has 2 aromatic carbocycles. The summed E-state index contributed by atoms with van der Waals surface area (Å²) in [4.78, 5) is 11.4. The van der Waals surface area contributed by atoms with Crippen molar-refractivity contribution in [3.63, 3.8) is 0 Å². The molecule has 1 aromatic heterocycles. The average molecular weight is 402 g/mol. The number of hydrogen-bond donors (Lipinski definition) is 0. The number of hydrogen-bond acceptors (Lipinski definition) is 5.